The minimum absolute atomic E-state index is 0.167. The second kappa shape index (κ2) is 9.73. The van der Waals surface area contributed by atoms with Gasteiger partial charge in [-0.2, -0.15) is 0 Å². The number of unbranched alkanes of at least 4 members (excludes halogenated alkanes) is 1. The summed E-state index contributed by atoms with van der Waals surface area (Å²) in [5, 5.41) is 9.72. The third-order valence-corrected chi connectivity index (χ3v) is 4.36. The molecule has 1 aliphatic rings. The summed E-state index contributed by atoms with van der Waals surface area (Å²) < 4.78 is 7.60. The maximum atomic E-state index is 11.8. The number of aromatic hydroxyl groups is 1. The SMILES string of the molecule is CCCCOCCCn1cc(O)c(=O)cc1CN1CCCCC1. The molecule has 0 amide bonds. The van der Waals surface area contributed by atoms with Crippen LogP contribution in [0.5, 0.6) is 5.75 Å². The minimum Gasteiger partial charge on any atom is -0.503 e. The molecule has 1 saturated heterocycles. The van der Waals surface area contributed by atoms with Crippen LogP contribution in [0.4, 0.5) is 0 Å². The molecule has 5 nitrogen and oxygen atoms in total. The number of ether oxygens (including phenoxy) is 1. The van der Waals surface area contributed by atoms with Crippen LogP contribution in [-0.2, 0) is 17.8 Å². The summed E-state index contributed by atoms with van der Waals surface area (Å²) in [7, 11) is 0. The third-order valence-electron chi connectivity index (χ3n) is 4.36. The van der Waals surface area contributed by atoms with E-state index in [2.05, 4.69) is 11.8 Å². The van der Waals surface area contributed by atoms with Gasteiger partial charge in [0.1, 0.15) is 0 Å². The van der Waals surface area contributed by atoms with E-state index in [1.54, 1.807) is 12.3 Å². The molecule has 1 aliphatic heterocycles. The predicted octanol–water partition coefficient (Wildman–Crippen LogP) is 2.75. The second-order valence-corrected chi connectivity index (χ2v) is 6.36. The van der Waals surface area contributed by atoms with Crippen LogP contribution < -0.4 is 5.43 Å². The fraction of sp³-hybridized carbons (Fsp3) is 0.722. The molecule has 0 radical (unpaired) electrons. The molecule has 1 aromatic rings. The van der Waals surface area contributed by atoms with E-state index in [0.717, 1.165) is 64.3 Å². The lowest BCUT2D eigenvalue weighted by molar-refractivity contribution is 0.125. The second-order valence-electron chi connectivity index (χ2n) is 6.36. The molecule has 1 aromatic heterocycles. The number of aromatic nitrogens is 1. The van der Waals surface area contributed by atoms with Crippen molar-refractivity contribution < 1.29 is 9.84 Å². The van der Waals surface area contributed by atoms with Crippen LogP contribution in [0.15, 0.2) is 17.1 Å². The van der Waals surface area contributed by atoms with Crippen LogP contribution in [0.25, 0.3) is 0 Å². The zero-order valence-corrected chi connectivity index (χ0v) is 14.3. The van der Waals surface area contributed by atoms with Crippen LogP contribution in [0.3, 0.4) is 0 Å². The minimum atomic E-state index is -0.285. The van der Waals surface area contributed by atoms with Gasteiger partial charge in [0.05, 0.1) is 6.20 Å². The first-order valence-electron chi connectivity index (χ1n) is 8.93. The Morgan fingerprint density at radius 2 is 1.91 bits per heavy atom. The number of hydrogen-bond donors (Lipinski definition) is 1. The van der Waals surface area contributed by atoms with Crippen LogP contribution in [0.2, 0.25) is 0 Å². The van der Waals surface area contributed by atoms with Crippen molar-refractivity contribution in [1.82, 2.24) is 9.47 Å². The van der Waals surface area contributed by atoms with Gasteiger partial charge in [0, 0.05) is 38.1 Å². The highest BCUT2D eigenvalue weighted by molar-refractivity contribution is 5.20. The Balaban J connectivity index is 1.93. The molecular formula is C18H30N2O3. The van der Waals surface area contributed by atoms with Crippen LogP contribution >= 0.6 is 0 Å². The molecule has 1 N–H and O–H groups in total. The fourth-order valence-electron chi connectivity index (χ4n) is 2.98. The third kappa shape index (κ3) is 5.99. The molecule has 0 unspecified atom stereocenters. The summed E-state index contributed by atoms with van der Waals surface area (Å²) in [6, 6.07) is 1.59. The Bertz CT molecular complexity index is 521. The largest absolute Gasteiger partial charge is 0.503 e. The zero-order valence-electron chi connectivity index (χ0n) is 14.3. The lowest BCUT2D eigenvalue weighted by atomic mass is 10.1. The summed E-state index contributed by atoms with van der Waals surface area (Å²) >= 11 is 0. The molecule has 1 fully saturated rings. The highest BCUT2D eigenvalue weighted by atomic mass is 16.5. The molecule has 0 bridgehead atoms. The topological polar surface area (TPSA) is 54.7 Å². The molecule has 23 heavy (non-hydrogen) atoms. The molecule has 0 saturated carbocycles. The van der Waals surface area contributed by atoms with Crippen molar-refractivity contribution in [2.24, 2.45) is 0 Å². The number of piperidine rings is 1. The van der Waals surface area contributed by atoms with Crippen molar-refractivity contribution in [2.75, 3.05) is 26.3 Å². The molecule has 0 aromatic carbocycles. The molecular weight excluding hydrogens is 292 g/mol. The van der Waals surface area contributed by atoms with E-state index >= 15 is 0 Å². The maximum Gasteiger partial charge on any atom is 0.223 e. The van der Waals surface area contributed by atoms with Gasteiger partial charge in [0.15, 0.2) is 5.75 Å². The van der Waals surface area contributed by atoms with Gasteiger partial charge in [-0.25, -0.2) is 0 Å². The molecule has 2 rings (SSSR count). The van der Waals surface area contributed by atoms with Crippen molar-refractivity contribution in [3.8, 4) is 5.75 Å². The summed E-state index contributed by atoms with van der Waals surface area (Å²) in [6.07, 6.45) is 8.47. The Labute approximate surface area is 138 Å². The summed E-state index contributed by atoms with van der Waals surface area (Å²) in [5.74, 6) is -0.167. The van der Waals surface area contributed by atoms with Crippen molar-refractivity contribution >= 4 is 0 Å². The van der Waals surface area contributed by atoms with E-state index in [1.807, 2.05) is 4.57 Å². The van der Waals surface area contributed by atoms with E-state index in [-0.39, 0.29) is 11.2 Å². The highest BCUT2D eigenvalue weighted by Crippen LogP contribution is 2.14. The van der Waals surface area contributed by atoms with E-state index in [1.165, 1.54) is 19.3 Å². The average Bonchev–Trinajstić information content (AvgIpc) is 2.56. The van der Waals surface area contributed by atoms with Gasteiger partial charge in [0.2, 0.25) is 5.43 Å². The van der Waals surface area contributed by atoms with Gasteiger partial charge in [-0.15, -0.1) is 0 Å². The number of pyridine rings is 1. The molecule has 0 aliphatic carbocycles. The Hall–Kier alpha value is -1.33. The maximum absolute atomic E-state index is 11.8. The Morgan fingerprint density at radius 1 is 1.17 bits per heavy atom. The summed E-state index contributed by atoms with van der Waals surface area (Å²) in [5.41, 5.74) is 0.704. The molecule has 0 spiro atoms. The van der Waals surface area contributed by atoms with Crippen LogP contribution in [-0.4, -0.2) is 40.9 Å². The first kappa shape index (κ1) is 18.0. The smallest absolute Gasteiger partial charge is 0.223 e. The number of hydrogen-bond acceptors (Lipinski definition) is 4. The molecule has 130 valence electrons. The Kier molecular flexibility index (Phi) is 7.62. The van der Waals surface area contributed by atoms with E-state index in [4.69, 9.17) is 4.74 Å². The monoisotopic (exact) mass is 322 g/mol. The molecule has 0 atom stereocenters. The van der Waals surface area contributed by atoms with E-state index in [9.17, 15) is 9.90 Å². The standard InChI is InChI=1S/C18H30N2O3/c1-2-3-11-23-12-7-10-20-15-18(22)17(21)13-16(20)14-19-8-5-4-6-9-19/h13,15,22H,2-12,14H2,1H3. The van der Waals surface area contributed by atoms with Gasteiger partial charge in [-0.05, 0) is 38.8 Å². The van der Waals surface area contributed by atoms with Gasteiger partial charge in [0.25, 0.3) is 0 Å². The van der Waals surface area contributed by atoms with Gasteiger partial charge >= 0.3 is 0 Å². The van der Waals surface area contributed by atoms with Crippen LogP contribution in [0.1, 0.15) is 51.1 Å². The van der Waals surface area contributed by atoms with Gasteiger partial charge in [-0.1, -0.05) is 19.8 Å². The summed E-state index contributed by atoms with van der Waals surface area (Å²) in [4.78, 5) is 14.2. The van der Waals surface area contributed by atoms with Crippen LogP contribution in [0, 0.1) is 0 Å². The Morgan fingerprint density at radius 3 is 2.65 bits per heavy atom. The molecule has 5 heteroatoms. The van der Waals surface area contributed by atoms with Crippen molar-refractivity contribution in [2.45, 2.75) is 58.5 Å². The van der Waals surface area contributed by atoms with E-state index < -0.39 is 0 Å². The fourth-order valence-corrected chi connectivity index (χ4v) is 2.98. The quantitative estimate of drug-likeness (QED) is 0.710. The van der Waals surface area contributed by atoms with Gasteiger partial charge < -0.3 is 14.4 Å². The number of likely N-dealkylation sites (tertiary alicyclic amines) is 1. The predicted molar refractivity (Wildman–Crippen MR) is 91.8 cm³/mol. The number of aryl methyl sites for hydroxylation is 1. The highest BCUT2D eigenvalue weighted by Gasteiger charge is 2.13. The normalized spacial score (nSPS) is 15.9. The van der Waals surface area contributed by atoms with E-state index in [0.29, 0.717) is 0 Å². The van der Waals surface area contributed by atoms with Crippen molar-refractivity contribution in [3.05, 3.63) is 28.2 Å². The van der Waals surface area contributed by atoms with Crippen molar-refractivity contribution in [1.29, 1.82) is 0 Å². The first-order valence-corrected chi connectivity index (χ1v) is 8.93. The summed E-state index contributed by atoms with van der Waals surface area (Å²) in [6.45, 7) is 7.42. The average molecular weight is 322 g/mol. The first-order chi connectivity index (χ1) is 11.2. The zero-order chi connectivity index (χ0) is 16.5. The lowest BCUT2D eigenvalue weighted by Gasteiger charge is -2.27. The number of nitrogens with zero attached hydrogens (tertiary/aromatic N) is 2. The van der Waals surface area contributed by atoms with Gasteiger partial charge in [-0.3, -0.25) is 9.69 Å². The van der Waals surface area contributed by atoms with Crippen molar-refractivity contribution in [3.63, 3.8) is 0 Å². The lowest BCUT2D eigenvalue weighted by Crippen LogP contribution is -2.31. The molecule has 2 heterocycles. The number of rotatable bonds is 9.